The quantitative estimate of drug-likeness (QED) is 0.0283. The minimum atomic E-state index is -8.00. The zero-order valence-electron chi connectivity index (χ0n) is 38.3. The molecule has 1 rings (SSSR count). The lowest BCUT2D eigenvalue weighted by Crippen LogP contribution is -2.70. The molecule has 0 saturated carbocycles. The number of carboxylic acid groups (broad SMARTS) is 1. The molecule has 6 nitrogen and oxygen atoms in total. The molecule has 21 heteroatoms. The Balaban J connectivity index is 4.02. The summed E-state index contributed by atoms with van der Waals surface area (Å²) >= 11 is 0. The van der Waals surface area contributed by atoms with E-state index >= 15 is 17.6 Å². The molecule has 3 atom stereocenters. The van der Waals surface area contributed by atoms with Crippen molar-refractivity contribution in [1.82, 2.24) is 0 Å². The highest BCUT2D eigenvalue weighted by Crippen LogP contribution is 2.61. The first kappa shape index (κ1) is 59.4. The van der Waals surface area contributed by atoms with Gasteiger partial charge in [-0.1, -0.05) is 93.0 Å². The maximum atomic E-state index is 15.5. The topological polar surface area (TPSA) is 74.2 Å². The van der Waals surface area contributed by atoms with Gasteiger partial charge in [-0.05, 0) is 78.3 Å². The number of halogens is 13. The summed E-state index contributed by atoms with van der Waals surface area (Å²) < 4.78 is 209. The standard InChI is InChI=1S/C43H65F13O6Si2/c1-12-16-33(37(57)58)19-22-35(61-63(13-2,14-3)15-4)31(10)36(30(9)23-25-60-27-32-17-20-34(59-11)21-18-32)62-64(28(5)6,29(7)8)26-24-38(44,45)39(46,47)40(48,49)41(50,51)42(52,53)43(54,55)56/h17-21,23,28-29,31,35-36H,12-16,22,24-27H2,1-11H3,(H,57,58)/b30-23+,33-19-/t31-,35?,36+/m0/s1. The molecule has 1 unspecified atom stereocenters. The van der Waals surface area contributed by atoms with Gasteiger partial charge >= 0.3 is 41.8 Å². The lowest BCUT2D eigenvalue weighted by molar-refractivity contribution is -0.440. The third-order valence-electron chi connectivity index (χ3n) is 12.3. The molecule has 0 aliphatic carbocycles. The van der Waals surface area contributed by atoms with Crippen LogP contribution in [0.1, 0.15) is 100 Å². The van der Waals surface area contributed by atoms with Crippen molar-refractivity contribution in [2.45, 2.75) is 185 Å². The largest absolute Gasteiger partial charge is 0.497 e. The normalized spacial score (nSPS) is 16.1. The van der Waals surface area contributed by atoms with E-state index in [-0.39, 0.29) is 31.6 Å². The Labute approximate surface area is 370 Å². The molecule has 1 aromatic carbocycles. The highest BCUT2D eigenvalue weighted by atomic mass is 28.4. The molecular weight excluding hydrogens is 916 g/mol. The average molecular weight is 981 g/mol. The molecule has 1 aromatic rings. The SMILES string of the molecule is CCC/C(=C/CC(O[Si](CC)(CC)CC)[C@H](C)[C@H](O[Si](CCC(F)(F)C(F)(F)C(F)(F)C(F)(F)C(F)(F)C(F)(F)F)(C(C)C)C(C)C)/C(C)=C/COCc1ccc(OC)cc1)C(=O)O. The molecule has 0 aliphatic heterocycles. The van der Waals surface area contributed by atoms with Crippen LogP contribution in [0, 0.1) is 5.92 Å². The number of aliphatic carboxylic acids is 1. The van der Waals surface area contributed by atoms with Crippen molar-refractivity contribution in [3.8, 4) is 5.75 Å². The summed E-state index contributed by atoms with van der Waals surface area (Å²) in [5, 5.41) is 9.94. The van der Waals surface area contributed by atoms with Crippen LogP contribution >= 0.6 is 0 Å². The number of hydrogen-bond donors (Lipinski definition) is 1. The molecule has 0 radical (unpaired) electrons. The molecule has 1 N–H and O–H groups in total. The number of carboxylic acids is 1. The van der Waals surface area contributed by atoms with Gasteiger partial charge in [-0.3, -0.25) is 0 Å². The van der Waals surface area contributed by atoms with E-state index < -0.39 is 100 Å². The number of alkyl halides is 13. The van der Waals surface area contributed by atoms with E-state index in [9.17, 15) is 49.4 Å². The summed E-state index contributed by atoms with van der Waals surface area (Å²) in [4.78, 5) is 12.2. The second-order valence-electron chi connectivity index (χ2n) is 16.9. The van der Waals surface area contributed by atoms with E-state index in [0.29, 0.717) is 35.9 Å². The van der Waals surface area contributed by atoms with Crippen LogP contribution in [-0.4, -0.2) is 89.4 Å². The van der Waals surface area contributed by atoms with Crippen LogP contribution in [-0.2, 0) is 25.0 Å². The minimum Gasteiger partial charge on any atom is -0.497 e. The van der Waals surface area contributed by atoms with Crippen molar-refractivity contribution >= 4 is 22.6 Å². The van der Waals surface area contributed by atoms with Crippen LogP contribution < -0.4 is 4.74 Å². The van der Waals surface area contributed by atoms with Crippen LogP contribution in [0.4, 0.5) is 57.1 Å². The monoisotopic (exact) mass is 980 g/mol. The fourth-order valence-corrected chi connectivity index (χ4v) is 15.3. The van der Waals surface area contributed by atoms with Crippen molar-refractivity contribution in [3.05, 3.63) is 53.1 Å². The van der Waals surface area contributed by atoms with Crippen molar-refractivity contribution in [1.29, 1.82) is 0 Å². The van der Waals surface area contributed by atoms with Gasteiger partial charge in [-0.25, -0.2) is 4.79 Å². The van der Waals surface area contributed by atoms with Gasteiger partial charge in [0.2, 0.25) is 0 Å². The van der Waals surface area contributed by atoms with Gasteiger partial charge in [-0.2, -0.15) is 57.1 Å². The summed E-state index contributed by atoms with van der Waals surface area (Å²) in [6.45, 7) is 17.0. The van der Waals surface area contributed by atoms with E-state index in [1.807, 2.05) is 20.8 Å². The third-order valence-corrected chi connectivity index (χ3v) is 22.6. The molecule has 0 amide bonds. The van der Waals surface area contributed by atoms with Gasteiger partial charge in [0.15, 0.2) is 16.6 Å². The first-order valence-corrected chi connectivity index (χ1v) is 26.1. The lowest BCUT2D eigenvalue weighted by atomic mass is 9.90. The number of rotatable bonds is 29. The first-order valence-electron chi connectivity index (χ1n) is 21.3. The number of benzene rings is 1. The molecule has 64 heavy (non-hydrogen) atoms. The van der Waals surface area contributed by atoms with Crippen LogP contribution in [0.15, 0.2) is 47.6 Å². The zero-order valence-corrected chi connectivity index (χ0v) is 40.3. The Morgan fingerprint density at radius 2 is 1.23 bits per heavy atom. The Bertz CT molecular complexity index is 1650. The summed E-state index contributed by atoms with van der Waals surface area (Å²) in [5.41, 5.74) is -0.355. The summed E-state index contributed by atoms with van der Waals surface area (Å²) in [7, 11) is -5.19. The van der Waals surface area contributed by atoms with Gasteiger partial charge in [0.25, 0.3) is 0 Å². The molecular formula is C43H65F13O6Si2. The van der Waals surface area contributed by atoms with E-state index in [1.165, 1.54) is 40.9 Å². The van der Waals surface area contributed by atoms with Gasteiger partial charge in [0, 0.05) is 17.9 Å². The number of hydrogen-bond acceptors (Lipinski definition) is 5. The maximum absolute atomic E-state index is 15.5. The third kappa shape index (κ3) is 13.3. The first-order chi connectivity index (χ1) is 29.2. The number of methoxy groups -OCH3 is 1. The maximum Gasteiger partial charge on any atom is 0.460 e. The molecule has 0 spiro atoms. The summed E-state index contributed by atoms with van der Waals surface area (Å²) in [6, 6.07) is 7.72. The predicted molar refractivity (Wildman–Crippen MR) is 224 cm³/mol. The van der Waals surface area contributed by atoms with Gasteiger partial charge in [-0.15, -0.1) is 0 Å². The van der Waals surface area contributed by atoms with Crippen LogP contribution in [0.5, 0.6) is 5.75 Å². The van der Waals surface area contributed by atoms with E-state index in [2.05, 4.69) is 0 Å². The van der Waals surface area contributed by atoms with E-state index in [0.717, 1.165) is 5.56 Å². The number of carbonyl (C=O) groups is 1. The summed E-state index contributed by atoms with van der Waals surface area (Å²) in [6.07, 6.45) is -7.94. The minimum absolute atomic E-state index is 0.0344. The molecule has 0 heterocycles. The van der Waals surface area contributed by atoms with Crippen molar-refractivity contribution in [3.63, 3.8) is 0 Å². The second kappa shape index (κ2) is 23.4. The van der Waals surface area contributed by atoms with Crippen molar-refractivity contribution in [2.75, 3.05) is 13.7 Å². The average Bonchev–Trinajstić information content (AvgIpc) is 3.21. The van der Waals surface area contributed by atoms with Gasteiger partial charge in [0.05, 0.1) is 32.5 Å². The Morgan fingerprint density at radius 3 is 1.66 bits per heavy atom. The Morgan fingerprint density at radius 1 is 0.734 bits per heavy atom. The highest BCUT2D eigenvalue weighted by Gasteiger charge is 2.90. The van der Waals surface area contributed by atoms with E-state index in [4.69, 9.17) is 18.3 Å². The fourth-order valence-electron chi connectivity index (χ4n) is 7.65. The van der Waals surface area contributed by atoms with Crippen LogP contribution in [0.3, 0.4) is 0 Å². The zero-order chi connectivity index (χ0) is 49.9. The predicted octanol–water partition coefficient (Wildman–Crippen LogP) is 14.7. The molecule has 0 aliphatic rings. The molecule has 0 saturated heterocycles. The molecule has 372 valence electrons. The lowest BCUT2D eigenvalue weighted by Gasteiger charge is -2.46. The molecule has 0 fully saturated rings. The van der Waals surface area contributed by atoms with E-state index in [1.54, 1.807) is 51.1 Å². The van der Waals surface area contributed by atoms with Gasteiger partial charge < -0.3 is 23.4 Å². The Hall–Kier alpha value is -2.63. The van der Waals surface area contributed by atoms with Crippen molar-refractivity contribution < 1.29 is 85.3 Å². The smallest absolute Gasteiger partial charge is 0.460 e. The van der Waals surface area contributed by atoms with Crippen LogP contribution in [0.2, 0.25) is 35.3 Å². The van der Waals surface area contributed by atoms with Gasteiger partial charge in [0.1, 0.15) is 5.75 Å². The molecule has 0 bridgehead atoms. The fraction of sp³-hybridized carbons (Fsp3) is 0.744. The number of ether oxygens (including phenoxy) is 2. The second-order valence-corrected chi connectivity index (χ2v) is 26.6. The highest BCUT2D eigenvalue weighted by molar-refractivity contribution is 6.76. The van der Waals surface area contributed by atoms with Crippen LogP contribution in [0.25, 0.3) is 0 Å². The Kier molecular flexibility index (Phi) is 21.7. The molecule has 0 aromatic heterocycles. The summed E-state index contributed by atoms with van der Waals surface area (Å²) in [5.74, 6) is -38.8. The van der Waals surface area contributed by atoms with Crippen molar-refractivity contribution in [2.24, 2.45) is 5.92 Å².